The standard InChI is InChI=1S/C8H14O/c1-3-5-7-8(9)6-4-2/h5,7H,3-4,6H2,1-2H3/b7-5-. The van der Waals surface area contributed by atoms with E-state index in [1.807, 2.05) is 19.9 Å². The van der Waals surface area contributed by atoms with E-state index in [0.29, 0.717) is 6.42 Å². The number of carbonyl (C=O) groups is 1. The molecular formula is C8H14O. The van der Waals surface area contributed by atoms with Crippen molar-refractivity contribution in [1.82, 2.24) is 0 Å². The largest absolute Gasteiger partial charge is 0.295 e. The third-order valence-electron chi connectivity index (χ3n) is 1.04. The molecular weight excluding hydrogens is 112 g/mol. The van der Waals surface area contributed by atoms with E-state index in [2.05, 4.69) is 0 Å². The number of allylic oxidation sites excluding steroid dienone is 2. The Morgan fingerprint density at radius 3 is 2.56 bits per heavy atom. The van der Waals surface area contributed by atoms with Gasteiger partial charge in [0, 0.05) is 6.42 Å². The van der Waals surface area contributed by atoms with E-state index in [1.54, 1.807) is 6.08 Å². The summed E-state index contributed by atoms with van der Waals surface area (Å²) in [5.74, 6) is 0.249. The van der Waals surface area contributed by atoms with Crippen molar-refractivity contribution in [3.05, 3.63) is 12.2 Å². The lowest BCUT2D eigenvalue weighted by Gasteiger charge is -1.86. The third-order valence-corrected chi connectivity index (χ3v) is 1.04. The molecule has 0 N–H and O–H groups in total. The lowest BCUT2D eigenvalue weighted by Crippen LogP contribution is -1.89. The highest BCUT2D eigenvalue weighted by Crippen LogP contribution is 1.91. The van der Waals surface area contributed by atoms with Crippen LogP contribution in [-0.4, -0.2) is 5.78 Å². The van der Waals surface area contributed by atoms with Gasteiger partial charge < -0.3 is 0 Å². The van der Waals surface area contributed by atoms with Crippen LogP contribution in [0.5, 0.6) is 0 Å². The molecule has 0 aromatic rings. The molecule has 0 atom stereocenters. The molecule has 0 aliphatic carbocycles. The minimum absolute atomic E-state index is 0.249. The molecule has 0 aliphatic rings. The van der Waals surface area contributed by atoms with Crippen LogP contribution in [0.1, 0.15) is 33.1 Å². The molecule has 0 aromatic carbocycles. The Morgan fingerprint density at radius 1 is 1.44 bits per heavy atom. The summed E-state index contributed by atoms with van der Waals surface area (Å²) in [5, 5.41) is 0. The lowest BCUT2D eigenvalue weighted by atomic mass is 10.2. The van der Waals surface area contributed by atoms with Gasteiger partial charge in [-0.1, -0.05) is 19.9 Å². The van der Waals surface area contributed by atoms with Crippen LogP contribution in [0.3, 0.4) is 0 Å². The Morgan fingerprint density at radius 2 is 2.11 bits per heavy atom. The molecule has 0 aromatic heterocycles. The van der Waals surface area contributed by atoms with Gasteiger partial charge in [0.25, 0.3) is 0 Å². The molecule has 1 heteroatoms. The predicted octanol–water partition coefficient (Wildman–Crippen LogP) is 2.32. The third kappa shape index (κ3) is 5.28. The van der Waals surface area contributed by atoms with Crippen molar-refractivity contribution in [3.63, 3.8) is 0 Å². The number of carbonyl (C=O) groups excluding carboxylic acids is 1. The topological polar surface area (TPSA) is 17.1 Å². The zero-order valence-corrected chi connectivity index (χ0v) is 6.18. The highest BCUT2D eigenvalue weighted by molar-refractivity contribution is 5.89. The van der Waals surface area contributed by atoms with Crippen LogP contribution in [0.2, 0.25) is 0 Å². The first-order chi connectivity index (χ1) is 4.31. The first-order valence-electron chi connectivity index (χ1n) is 3.50. The first-order valence-corrected chi connectivity index (χ1v) is 3.50. The second-order valence-electron chi connectivity index (χ2n) is 2.03. The summed E-state index contributed by atoms with van der Waals surface area (Å²) in [6.07, 6.45) is 6.17. The Balaban J connectivity index is 3.37. The predicted molar refractivity (Wildman–Crippen MR) is 39.3 cm³/mol. The Bertz CT molecular complexity index is 103. The monoisotopic (exact) mass is 126 g/mol. The van der Waals surface area contributed by atoms with E-state index < -0.39 is 0 Å². The fourth-order valence-corrected chi connectivity index (χ4v) is 0.579. The Kier molecular flexibility index (Phi) is 5.18. The van der Waals surface area contributed by atoms with E-state index in [1.165, 1.54) is 0 Å². The Hall–Kier alpha value is -0.590. The van der Waals surface area contributed by atoms with E-state index in [0.717, 1.165) is 12.8 Å². The number of ketones is 1. The second-order valence-corrected chi connectivity index (χ2v) is 2.03. The van der Waals surface area contributed by atoms with Crippen LogP contribution in [-0.2, 0) is 4.79 Å². The second kappa shape index (κ2) is 5.54. The molecule has 0 bridgehead atoms. The highest BCUT2D eigenvalue weighted by atomic mass is 16.1. The fourth-order valence-electron chi connectivity index (χ4n) is 0.579. The molecule has 0 spiro atoms. The van der Waals surface area contributed by atoms with Gasteiger partial charge in [-0.05, 0) is 18.9 Å². The van der Waals surface area contributed by atoms with Gasteiger partial charge in [0.05, 0.1) is 0 Å². The summed E-state index contributed by atoms with van der Waals surface area (Å²) < 4.78 is 0. The summed E-state index contributed by atoms with van der Waals surface area (Å²) in [5.41, 5.74) is 0. The molecule has 0 fully saturated rings. The van der Waals surface area contributed by atoms with Gasteiger partial charge in [-0.3, -0.25) is 4.79 Å². The zero-order valence-electron chi connectivity index (χ0n) is 6.18. The van der Waals surface area contributed by atoms with Gasteiger partial charge in [0.15, 0.2) is 5.78 Å². The molecule has 0 unspecified atom stereocenters. The number of hydrogen-bond donors (Lipinski definition) is 0. The molecule has 52 valence electrons. The van der Waals surface area contributed by atoms with Crippen molar-refractivity contribution in [1.29, 1.82) is 0 Å². The maximum Gasteiger partial charge on any atom is 0.155 e. The van der Waals surface area contributed by atoms with Crippen molar-refractivity contribution in [2.45, 2.75) is 33.1 Å². The van der Waals surface area contributed by atoms with Crippen molar-refractivity contribution >= 4 is 5.78 Å². The first kappa shape index (κ1) is 8.41. The van der Waals surface area contributed by atoms with Crippen molar-refractivity contribution < 1.29 is 4.79 Å². The van der Waals surface area contributed by atoms with Gasteiger partial charge >= 0.3 is 0 Å². The molecule has 1 nitrogen and oxygen atoms in total. The lowest BCUT2D eigenvalue weighted by molar-refractivity contribution is -0.114. The molecule has 0 amide bonds. The van der Waals surface area contributed by atoms with E-state index in [-0.39, 0.29) is 5.78 Å². The van der Waals surface area contributed by atoms with E-state index >= 15 is 0 Å². The number of hydrogen-bond acceptors (Lipinski definition) is 1. The van der Waals surface area contributed by atoms with Crippen molar-refractivity contribution in [2.24, 2.45) is 0 Å². The number of rotatable bonds is 4. The van der Waals surface area contributed by atoms with Gasteiger partial charge in [-0.15, -0.1) is 0 Å². The van der Waals surface area contributed by atoms with Gasteiger partial charge in [-0.25, -0.2) is 0 Å². The van der Waals surface area contributed by atoms with Crippen LogP contribution in [0, 0.1) is 0 Å². The Labute approximate surface area is 56.8 Å². The molecule has 0 radical (unpaired) electrons. The molecule has 9 heavy (non-hydrogen) atoms. The van der Waals surface area contributed by atoms with E-state index in [9.17, 15) is 4.79 Å². The van der Waals surface area contributed by atoms with Crippen LogP contribution >= 0.6 is 0 Å². The van der Waals surface area contributed by atoms with Crippen molar-refractivity contribution in [2.75, 3.05) is 0 Å². The SMILES string of the molecule is CC/C=C\C(=O)CCC. The average molecular weight is 126 g/mol. The van der Waals surface area contributed by atoms with Gasteiger partial charge in [0.2, 0.25) is 0 Å². The van der Waals surface area contributed by atoms with Gasteiger partial charge in [0.1, 0.15) is 0 Å². The summed E-state index contributed by atoms with van der Waals surface area (Å²) >= 11 is 0. The van der Waals surface area contributed by atoms with Crippen molar-refractivity contribution in [3.8, 4) is 0 Å². The molecule has 0 saturated carbocycles. The van der Waals surface area contributed by atoms with Crippen LogP contribution in [0.4, 0.5) is 0 Å². The molecule has 0 rings (SSSR count). The normalized spacial score (nSPS) is 10.4. The zero-order chi connectivity index (χ0) is 7.11. The highest BCUT2D eigenvalue weighted by Gasteiger charge is 1.89. The summed E-state index contributed by atoms with van der Waals surface area (Å²) in [6, 6.07) is 0. The molecule has 0 aliphatic heterocycles. The fraction of sp³-hybridized carbons (Fsp3) is 0.625. The van der Waals surface area contributed by atoms with Crippen LogP contribution in [0.15, 0.2) is 12.2 Å². The summed E-state index contributed by atoms with van der Waals surface area (Å²) in [4.78, 5) is 10.7. The smallest absolute Gasteiger partial charge is 0.155 e. The van der Waals surface area contributed by atoms with Gasteiger partial charge in [-0.2, -0.15) is 0 Å². The summed E-state index contributed by atoms with van der Waals surface area (Å²) in [7, 11) is 0. The minimum atomic E-state index is 0.249. The molecule has 0 saturated heterocycles. The molecule has 0 heterocycles. The van der Waals surface area contributed by atoms with E-state index in [4.69, 9.17) is 0 Å². The van der Waals surface area contributed by atoms with Crippen LogP contribution < -0.4 is 0 Å². The average Bonchev–Trinajstić information content (AvgIpc) is 1.85. The van der Waals surface area contributed by atoms with Crippen LogP contribution in [0.25, 0.3) is 0 Å². The minimum Gasteiger partial charge on any atom is -0.295 e. The summed E-state index contributed by atoms with van der Waals surface area (Å²) in [6.45, 7) is 4.04. The maximum absolute atomic E-state index is 10.7. The quantitative estimate of drug-likeness (QED) is 0.528. The maximum atomic E-state index is 10.7.